The van der Waals surface area contributed by atoms with Crippen LogP contribution in [0.15, 0.2) is 78.7 Å². The Hall–Kier alpha value is -3.92. The molecule has 4 amide bonds. The van der Waals surface area contributed by atoms with Crippen molar-refractivity contribution in [2.75, 3.05) is 11.5 Å². The van der Waals surface area contributed by atoms with Gasteiger partial charge in [-0.15, -0.1) is 0 Å². The van der Waals surface area contributed by atoms with Crippen LogP contribution in [0.1, 0.15) is 26.3 Å². The smallest absolute Gasteiger partial charge is 0.454 e. The van der Waals surface area contributed by atoms with Crippen molar-refractivity contribution in [2.24, 2.45) is 0 Å². The number of hydrogen-bond donors (Lipinski definition) is 1. The molecule has 2 aromatic carbocycles. The Morgan fingerprint density at radius 1 is 1.11 bits per heavy atom. The highest BCUT2D eigenvalue weighted by molar-refractivity contribution is 6.41. The van der Waals surface area contributed by atoms with E-state index in [4.69, 9.17) is 32.9 Å². The number of urea groups is 1. The number of nitrogens with one attached hydrogen (secondary N) is 1. The molecular formula is C27H24Cl2N3O6+. The number of rotatable bonds is 5. The average Bonchev–Trinajstić information content (AvgIpc) is 3.28. The number of imide groups is 1. The molecule has 1 unspecified atom stereocenters. The molecule has 196 valence electrons. The van der Waals surface area contributed by atoms with Crippen LogP contribution in [0.3, 0.4) is 0 Å². The highest BCUT2D eigenvalue weighted by Gasteiger charge is 2.59. The second-order valence-corrected chi connectivity index (χ2v) is 10.2. The Balaban J connectivity index is 1.95. The number of hydrogen-bond acceptors (Lipinski definition) is 6. The lowest BCUT2D eigenvalue weighted by Crippen LogP contribution is -2.48. The molecule has 0 bridgehead atoms. The zero-order valence-corrected chi connectivity index (χ0v) is 22.3. The van der Waals surface area contributed by atoms with Crippen molar-refractivity contribution in [2.45, 2.75) is 26.4 Å². The first-order valence-electron chi connectivity index (χ1n) is 11.5. The highest BCUT2D eigenvalue weighted by atomic mass is 35.5. The Labute approximate surface area is 229 Å². The van der Waals surface area contributed by atoms with Crippen molar-refractivity contribution in [3.8, 4) is 0 Å². The van der Waals surface area contributed by atoms with Gasteiger partial charge in [0.15, 0.2) is 17.5 Å². The molecule has 11 heteroatoms. The summed E-state index contributed by atoms with van der Waals surface area (Å²) in [6, 6.07) is 12.2. The van der Waals surface area contributed by atoms with Gasteiger partial charge in [-0.3, -0.25) is 4.79 Å². The zero-order chi connectivity index (χ0) is 27.8. The first-order valence-corrected chi connectivity index (χ1v) is 12.2. The minimum Gasteiger partial charge on any atom is -0.454 e. The van der Waals surface area contributed by atoms with Crippen LogP contribution in [-0.4, -0.2) is 36.2 Å². The molecule has 2 aromatic rings. The Bertz CT molecular complexity index is 1430. The van der Waals surface area contributed by atoms with Crippen molar-refractivity contribution in [1.29, 1.82) is 0 Å². The number of benzene rings is 2. The summed E-state index contributed by atoms with van der Waals surface area (Å²) in [6.45, 7) is 8.30. The van der Waals surface area contributed by atoms with Crippen LogP contribution in [0.25, 0.3) is 5.57 Å². The lowest BCUT2D eigenvalue weighted by molar-refractivity contribution is -0.138. The summed E-state index contributed by atoms with van der Waals surface area (Å²) in [7, 11) is 0. The number of carbonyl (C=O) groups is 4. The van der Waals surface area contributed by atoms with Gasteiger partial charge in [0.05, 0.1) is 21.8 Å². The number of anilines is 1. The molecule has 38 heavy (non-hydrogen) atoms. The Kier molecular flexibility index (Phi) is 7.20. The van der Waals surface area contributed by atoms with E-state index in [2.05, 4.69) is 11.9 Å². The van der Waals surface area contributed by atoms with Crippen molar-refractivity contribution in [3.63, 3.8) is 0 Å². The molecule has 1 N–H and O–H groups in total. The third kappa shape index (κ3) is 4.71. The van der Waals surface area contributed by atoms with E-state index < -0.39 is 33.6 Å². The maximum atomic E-state index is 13.5. The van der Waals surface area contributed by atoms with Gasteiger partial charge in [-0.25, -0.2) is 14.5 Å². The van der Waals surface area contributed by atoms with Crippen LogP contribution in [-0.2, 0) is 19.1 Å². The van der Waals surface area contributed by atoms with Crippen molar-refractivity contribution >= 4 is 64.3 Å². The lowest BCUT2D eigenvalue weighted by atomic mass is 10.0. The molecule has 0 aliphatic carbocycles. The normalized spacial score (nSPS) is 19.9. The first kappa shape index (κ1) is 27.1. The van der Waals surface area contributed by atoms with E-state index >= 15 is 0 Å². The molecule has 0 saturated carbocycles. The Morgan fingerprint density at radius 2 is 1.79 bits per heavy atom. The van der Waals surface area contributed by atoms with Gasteiger partial charge in [0.2, 0.25) is 0 Å². The standard InChI is InChI=1S/C27H23Cl2N3O6/c1-5-14-37-24(34)22-17(15-19-23(33)31(25(35)30-19)16-10-7-6-8-11-16)21-18(28)12-9-13-20(21)32(22,29)26(36)38-27(2,3)4/h5-13,15H,1,14H2,2-4H3/p+1. The number of nitrogens with zero attached hydrogens (tertiary/aromatic N) is 2. The zero-order valence-electron chi connectivity index (χ0n) is 20.8. The second kappa shape index (κ2) is 10.1. The van der Waals surface area contributed by atoms with Gasteiger partial charge in [0.1, 0.15) is 17.9 Å². The van der Waals surface area contributed by atoms with Gasteiger partial charge in [-0.05, 0) is 49.0 Å². The predicted molar refractivity (Wildman–Crippen MR) is 144 cm³/mol. The number of carbonyl (C=O) groups excluding carboxylic acids is 4. The topological polar surface area (TPSA) is 102 Å². The van der Waals surface area contributed by atoms with Gasteiger partial charge >= 0.3 is 18.1 Å². The number of halogens is 2. The summed E-state index contributed by atoms with van der Waals surface area (Å²) in [4.78, 5) is 53.9. The Morgan fingerprint density at radius 3 is 2.42 bits per heavy atom. The number of quaternary nitrogens is 1. The quantitative estimate of drug-likeness (QED) is 0.163. The van der Waals surface area contributed by atoms with Gasteiger partial charge in [0.25, 0.3) is 11.6 Å². The molecule has 4 rings (SSSR count). The molecule has 1 fully saturated rings. The fraction of sp³-hybridized carbons (Fsp3) is 0.185. The molecule has 2 aliphatic heterocycles. The van der Waals surface area contributed by atoms with Crippen molar-refractivity contribution in [1.82, 2.24) is 9.32 Å². The van der Waals surface area contributed by atoms with Crippen LogP contribution in [0, 0.1) is 0 Å². The maximum absolute atomic E-state index is 13.5. The summed E-state index contributed by atoms with van der Waals surface area (Å²) in [5.41, 5.74) is -0.811. The molecule has 2 heterocycles. The molecule has 0 spiro atoms. The molecule has 0 aromatic heterocycles. The summed E-state index contributed by atoms with van der Waals surface area (Å²) in [5.74, 6) is -1.65. The number of allylic oxidation sites excluding steroid dienone is 2. The maximum Gasteiger partial charge on any atom is 0.546 e. The third-order valence-corrected chi connectivity index (χ3v) is 6.31. The predicted octanol–water partition coefficient (Wildman–Crippen LogP) is 5.83. The fourth-order valence-corrected chi connectivity index (χ4v) is 4.63. The molecule has 0 radical (unpaired) electrons. The van der Waals surface area contributed by atoms with E-state index in [0.717, 1.165) is 4.90 Å². The largest absolute Gasteiger partial charge is 0.546 e. The first-order chi connectivity index (χ1) is 17.9. The second-order valence-electron chi connectivity index (χ2n) is 9.32. The van der Waals surface area contributed by atoms with E-state index in [0.29, 0.717) is 5.69 Å². The summed E-state index contributed by atoms with van der Waals surface area (Å²) in [5, 5.41) is 2.66. The monoisotopic (exact) mass is 556 g/mol. The van der Waals surface area contributed by atoms with E-state index in [1.807, 2.05) is 0 Å². The van der Waals surface area contributed by atoms with E-state index in [-0.39, 0.29) is 39.8 Å². The fourth-order valence-electron chi connectivity index (χ4n) is 4.03. The van der Waals surface area contributed by atoms with Gasteiger partial charge < -0.3 is 14.8 Å². The molecule has 1 saturated heterocycles. The molecule has 1 atom stereocenters. The van der Waals surface area contributed by atoms with Gasteiger partial charge in [-0.1, -0.05) is 48.5 Å². The van der Waals surface area contributed by atoms with Crippen LogP contribution in [0.4, 0.5) is 21.0 Å². The van der Waals surface area contributed by atoms with Crippen molar-refractivity contribution < 1.29 is 28.7 Å². The van der Waals surface area contributed by atoms with E-state index in [1.54, 1.807) is 63.2 Å². The van der Waals surface area contributed by atoms with Gasteiger partial charge in [-0.2, -0.15) is 4.79 Å². The number of ether oxygens (including phenoxy) is 2. The lowest BCUT2D eigenvalue weighted by Gasteiger charge is -2.26. The van der Waals surface area contributed by atoms with Crippen LogP contribution >= 0.6 is 23.4 Å². The van der Waals surface area contributed by atoms with Crippen LogP contribution in [0.2, 0.25) is 5.02 Å². The van der Waals surface area contributed by atoms with Crippen LogP contribution < -0.4 is 14.2 Å². The van der Waals surface area contributed by atoms with E-state index in [1.165, 1.54) is 18.2 Å². The van der Waals surface area contributed by atoms with Gasteiger partial charge in [0, 0.05) is 6.07 Å². The van der Waals surface area contributed by atoms with Crippen molar-refractivity contribution in [3.05, 3.63) is 89.2 Å². The summed E-state index contributed by atoms with van der Waals surface area (Å²) < 4.78 is 9.59. The third-order valence-electron chi connectivity index (χ3n) is 5.51. The van der Waals surface area contributed by atoms with Crippen LogP contribution in [0.5, 0.6) is 0 Å². The summed E-state index contributed by atoms with van der Waals surface area (Å²) in [6.07, 6.45) is 1.61. The molecule has 9 nitrogen and oxygen atoms in total. The average molecular weight is 557 g/mol. The number of fused-ring (bicyclic) bond motifs is 1. The summed E-state index contributed by atoms with van der Waals surface area (Å²) >= 11 is 13.5. The SMILES string of the molecule is C=CCOC(=O)C1=C(C=C2NC(=O)N(c3ccccc3)C2=O)c2c(Cl)cccc2[N+]1(Cl)C(=O)OC(C)(C)C. The molecule has 2 aliphatic rings. The number of amides is 4. The number of esters is 1. The minimum atomic E-state index is -1.26. The highest BCUT2D eigenvalue weighted by Crippen LogP contribution is 2.52. The molecular weight excluding hydrogens is 533 g/mol. The number of para-hydroxylation sites is 1. The minimum absolute atomic E-state index is 0.0130. The van der Waals surface area contributed by atoms with E-state index in [9.17, 15) is 19.2 Å².